The van der Waals surface area contributed by atoms with E-state index in [2.05, 4.69) is 5.43 Å². The number of nitrogens with zero attached hydrogens (tertiary/aromatic N) is 1. The van der Waals surface area contributed by atoms with E-state index in [0.717, 1.165) is 7.48 Å². The number of nitrogens with one attached hydrogen (secondary N) is 1. The van der Waals surface area contributed by atoms with Gasteiger partial charge in [0.1, 0.15) is 5.92 Å². The number of hydrazine groups is 1. The molecule has 1 unspecified atom stereocenters. The van der Waals surface area contributed by atoms with Crippen molar-refractivity contribution in [2.24, 2.45) is 5.92 Å². The van der Waals surface area contributed by atoms with Crippen LogP contribution in [-0.2, 0) is 9.59 Å². The minimum absolute atomic E-state index is 0.272. The summed E-state index contributed by atoms with van der Waals surface area (Å²) in [6, 6.07) is 6.60. The molecule has 1 aromatic rings. The molecule has 5 nitrogen and oxygen atoms in total. The van der Waals surface area contributed by atoms with E-state index >= 15 is 0 Å². The first kappa shape index (κ1) is 10.7. The van der Waals surface area contributed by atoms with E-state index < -0.39 is 5.92 Å². The van der Waals surface area contributed by atoms with Gasteiger partial charge in [0.2, 0.25) is 0 Å². The molecule has 1 aromatic carbocycles. The molecule has 0 spiro atoms. The molecule has 1 saturated heterocycles. The average molecular weight is 217 g/mol. The van der Waals surface area contributed by atoms with Crippen LogP contribution in [-0.4, -0.2) is 24.3 Å². The van der Waals surface area contributed by atoms with E-state index in [0.29, 0.717) is 11.2 Å². The molecule has 0 bridgehead atoms. The quantitative estimate of drug-likeness (QED) is 0.489. The molecular formula is C10H10BN2O3. The number of rotatable bonds is 2. The fraction of sp³-hybridized carbons (Fsp3) is 0.200. The maximum Gasteiger partial charge on any atom is 0.326 e. The van der Waals surface area contributed by atoms with Gasteiger partial charge >= 0.3 is 7.48 Å². The van der Waals surface area contributed by atoms with Gasteiger partial charge in [0.05, 0.1) is 5.69 Å². The summed E-state index contributed by atoms with van der Waals surface area (Å²) in [5.41, 5.74) is 3.69. The lowest BCUT2D eigenvalue weighted by atomic mass is 9.89. The summed E-state index contributed by atoms with van der Waals surface area (Å²) in [7, 11) is 0.969. The Kier molecular flexibility index (Phi) is 2.66. The van der Waals surface area contributed by atoms with Crippen LogP contribution in [0.2, 0.25) is 0 Å². The summed E-state index contributed by atoms with van der Waals surface area (Å²) in [5, 5.41) is 9.97. The molecule has 1 aliphatic heterocycles. The van der Waals surface area contributed by atoms with Crippen LogP contribution in [0.4, 0.5) is 5.69 Å². The van der Waals surface area contributed by atoms with E-state index in [9.17, 15) is 9.59 Å². The minimum atomic E-state index is -0.649. The van der Waals surface area contributed by atoms with Gasteiger partial charge in [-0.25, -0.2) is 5.01 Å². The van der Waals surface area contributed by atoms with Crippen LogP contribution in [0, 0.1) is 5.92 Å². The average Bonchev–Trinajstić information content (AvgIpc) is 2.57. The fourth-order valence-electron chi connectivity index (χ4n) is 1.47. The van der Waals surface area contributed by atoms with Crippen LogP contribution in [0.3, 0.4) is 0 Å². The molecule has 0 aromatic heterocycles. The zero-order valence-electron chi connectivity index (χ0n) is 8.68. The second-order valence-corrected chi connectivity index (χ2v) is 3.59. The van der Waals surface area contributed by atoms with Gasteiger partial charge in [0, 0.05) is 0 Å². The standard InChI is InChI=1S/C10H10BN2O3/c1-6-9(14)12-13(10(6)15)8-4-2-7(11-16)3-5-8/h2-6,16H,1H3,(H,12,14). The Labute approximate surface area is 93.3 Å². The summed E-state index contributed by atoms with van der Waals surface area (Å²) in [4.78, 5) is 22.9. The Morgan fingerprint density at radius 3 is 2.38 bits per heavy atom. The first-order valence-electron chi connectivity index (χ1n) is 4.85. The Morgan fingerprint density at radius 1 is 1.31 bits per heavy atom. The van der Waals surface area contributed by atoms with E-state index in [4.69, 9.17) is 5.02 Å². The predicted octanol–water partition coefficient (Wildman–Crippen LogP) is -1.06. The van der Waals surface area contributed by atoms with Gasteiger partial charge in [0.25, 0.3) is 11.8 Å². The number of amides is 2. The van der Waals surface area contributed by atoms with E-state index in [1.165, 1.54) is 5.01 Å². The number of hydrogen-bond acceptors (Lipinski definition) is 3. The van der Waals surface area contributed by atoms with Crippen molar-refractivity contribution in [3.8, 4) is 0 Å². The third-order valence-corrected chi connectivity index (χ3v) is 2.51. The second-order valence-electron chi connectivity index (χ2n) is 3.59. The molecule has 2 amide bonds. The molecule has 1 heterocycles. The van der Waals surface area contributed by atoms with Crippen molar-refractivity contribution in [1.82, 2.24) is 5.43 Å². The molecule has 1 atom stereocenters. The summed E-state index contributed by atoms with van der Waals surface area (Å²) < 4.78 is 0. The monoisotopic (exact) mass is 217 g/mol. The van der Waals surface area contributed by atoms with Gasteiger partial charge in [0.15, 0.2) is 0 Å². The van der Waals surface area contributed by atoms with Crippen LogP contribution in [0.5, 0.6) is 0 Å². The molecule has 2 N–H and O–H groups in total. The Bertz CT molecular complexity index is 432. The van der Waals surface area contributed by atoms with Crippen molar-refractivity contribution >= 4 is 30.4 Å². The van der Waals surface area contributed by atoms with Crippen molar-refractivity contribution in [2.75, 3.05) is 5.01 Å². The normalized spacial score (nSPS) is 19.9. The van der Waals surface area contributed by atoms with Crippen molar-refractivity contribution in [3.05, 3.63) is 24.3 Å². The highest BCUT2D eigenvalue weighted by molar-refractivity contribution is 6.45. The summed E-state index contributed by atoms with van der Waals surface area (Å²) in [6.07, 6.45) is 0. The van der Waals surface area contributed by atoms with Crippen molar-refractivity contribution < 1.29 is 14.6 Å². The lowest BCUT2D eigenvalue weighted by Gasteiger charge is -2.15. The third kappa shape index (κ3) is 1.67. The zero-order valence-corrected chi connectivity index (χ0v) is 8.68. The summed E-state index contributed by atoms with van der Waals surface area (Å²) >= 11 is 0. The minimum Gasteiger partial charge on any atom is -0.450 e. The van der Waals surface area contributed by atoms with Crippen molar-refractivity contribution in [1.29, 1.82) is 0 Å². The van der Waals surface area contributed by atoms with Crippen LogP contribution in [0.25, 0.3) is 0 Å². The first-order valence-corrected chi connectivity index (χ1v) is 4.85. The molecule has 16 heavy (non-hydrogen) atoms. The van der Waals surface area contributed by atoms with E-state index in [1.54, 1.807) is 31.2 Å². The van der Waals surface area contributed by atoms with E-state index in [1.807, 2.05) is 0 Å². The van der Waals surface area contributed by atoms with Crippen LogP contribution in [0.1, 0.15) is 6.92 Å². The van der Waals surface area contributed by atoms with Crippen LogP contribution < -0.4 is 15.9 Å². The van der Waals surface area contributed by atoms with Crippen LogP contribution in [0.15, 0.2) is 24.3 Å². The largest absolute Gasteiger partial charge is 0.450 e. The van der Waals surface area contributed by atoms with Gasteiger partial charge in [-0.1, -0.05) is 17.6 Å². The number of carbonyl (C=O) groups excluding carboxylic acids is 2. The summed E-state index contributed by atoms with van der Waals surface area (Å²) in [6.45, 7) is 1.56. The Hall–Kier alpha value is -1.82. The molecule has 0 aliphatic carbocycles. The SMILES string of the molecule is CC1C(=O)NN(c2ccc([B]O)cc2)C1=O. The number of benzene rings is 1. The predicted molar refractivity (Wildman–Crippen MR) is 58.8 cm³/mol. The Balaban J connectivity index is 2.25. The van der Waals surface area contributed by atoms with E-state index in [-0.39, 0.29) is 11.8 Å². The first-order chi connectivity index (χ1) is 7.63. The number of anilines is 1. The molecule has 1 fully saturated rings. The molecular weight excluding hydrogens is 207 g/mol. The number of hydrogen-bond donors (Lipinski definition) is 2. The van der Waals surface area contributed by atoms with Gasteiger partial charge in [-0.05, 0) is 19.1 Å². The molecule has 1 radical (unpaired) electrons. The number of carbonyl (C=O) groups is 2. The smallest absolute Gasteiger partial charge is 0.326 e. The van der Waals surface area contributed by atoms with Gasteiger partial charge in [-0.2, -0.15) is 0 Å². The highest BCUT2D eigenvalue weighted by Gasteiger charge is 2.36. The lowest BCUT2D eigenvalue weighted by molar-refractivity contribution is -0.126. The van der Waals surface area contributed by atoms with Gasteiger partial charge < -0.3 is 5.02 Å². The van der Waals surface area contributed by atoms with Gasteiger partial charge in [-0.15, -0.1) is 0 Å². The molecule has 1 aliphatic rings. The summed E-state index contributed by atoms with van der Waals surface area (Å²) in [5.74, 6) is -1.22. The molecule has 0 saturated carbocycles. The maximum absolute atomic E-state index is 11.7. The molecule has 6 heteroatoms. The molecule has 2 rings (SSSR count). The van der Waals surface area contributed by atoms with Gasteiger partial charge in [-0.3, -0.25) is 15.0 Å². The van der Waals surface area contributed by atoms with Crippen LogP contribution >= 0.6 is 0 Å². The lowest BCUT2D eigenvalue weighted by Crippen LogP contribution is -2.36. The van der Waals surface area contributed by atoms with Crippen molar-refractivity contribution in [3.63, 3.8) is 0 Å². The maximum atomic E-state index is 11.7. The highest BCUT2D eigenvalue weighted by Crippen LogP contribution is 2.18. The second kappa shape index (κ2) is 3.98. The topological polar surface area (TPSA) is 69.6 Å². The molecule has 81 valence electrons. The third-order valence-electron chi connectivity index (χ3n) is 2.51. The highest BCUT2D eigenvalue weighted by atomic mass is 16.2. The van der Waals surface area contributed by atoms with Crippen molar-refractivity contribution in [2.45, 2.75) is 6.92 Å². The Morgan fingerprint density at radius 2 is 1.94 bits per heavy atom. The fourth-order valence-corrected chi connectivity index (χ4v) is 1.47. The zero-order chi connectivity index (χ0) is 11.7.